The van der Waals surface area contributed by atoms with Crippen molar-refractivity contribution in [2.75, 3.05) is 32.5 Å². The lowest BCUT2D eigenvalue weighted by atomic mass is 10.2. The SMILES string of the molecule is CN(C)CCCNC(=S)Nc1nn(Cc2ccccc2)cc1Cl. The van der Waals surface area contributed by atoms with Gasteiger partial charge in [0.25, 0.3) is 0 Å². The zero-order valence-corrected chi connectivity index (χ0v) is 15.0. The van der Waals surface area contributed by atoms with Crippen LogP contribution in [0.1, 0.15) is 12.0 Å². The van der Waals surface area contributed by atoms with Crippen LogP contribution in [0.5, 0.6) is 0 Å². The van der Waals surface area contributed by atoms with Gasteiger partial charge in [-0.2, -0.15) is 5.10 Å². The van der Waals surface area contributed by atoms with Crippen molar-refractivity contribution in [2.24, 2.45) is 0 Å². The molecule has 23 heavy (non-hydrogen) atoms. The molecule has 0 unspecified atom stereocenters. The minimum absolute atomic E-state index is 0.538. The third-order valence-electron chi connectivity index (χ3n) is 3.20. The lowest BCUT2D eigenvalue weighted by Gasteiger charge is -2.11. The van der Waals surface area contributed by atoms with Gasteiger partial charge in [0, 0.05) is 12.7 Å². The minimum atomic E-state index is 0.538. The van der Waals surface area contributed by atoms with Crippen LogP contribution in [0.3, 0.4) is 0 Å². The van der Waals surface area contributed by atoms with Crippen molar-refractivity contribution in [3.05, 3.63) is 47.1 Å². The van der Waals surface area contributed by atoms with Crippen LogP contribution >= 0.6 is 23.8 Å². The Labute approximate surface area is 147 Å². The van der Waals surface area contributed by atoms with Crippen molar-refractivity contribution in [1.29, 1.82) is 0 Å². The Morgan fingerprint density at radius 2 is 2.04 bits per heavy atom. The number of aromatic nitrogens is 2. The molecule has 0 radical (unpaired) electrons. The molecule has 0 spiro atoms. The summed E-state index contributed by atoms with van der Waals surface area (Å²) in [5.41, 5.74) is 1.17. The summed E-state index contributed by atoms with van der Waals surface area (Å²) in [4.78, 5) is 2.14. The van der Waals surface area contributed by atoms with Crippen molar-refractivity contribution in [3.63, 3.8) is 0 Å². The standard InChI is InChI=1S/C16H22ClN5S/c1-21(2)10-6-9-18-16(23)19-15-14(17)12-22(20-15)11-13-7-4-3-5-8-13/h3-5,7-8,12H,6,9-11H2,1-2H3,(H2,18,19,20,23). The van der Waals surface area contributed by atoms with Crippen LogP contribution in [-0.2, 0) is 6.54 Å². The number of thiocarbonyl (C=S) groups is 1. The van der Waals surface area contributed by atoms with Crippen LogP contribution in [0.15, 0.2) is 36.5 Å². The van der Waals surface area contributed by atoms with Crippen LogP contribution in [0.25, 0.3) is 0 Å². The second kappa shape index (κ2) is 8.86. The summed E-state index contributed by atoms with van der Waals surface area (Å²) in [5, 5.41) is 11.7. The normalized spacial score (nSPS) is 10.8. The van der Waals surface area contributed by atoms with Crippen LogP contribution in [0, 0.1) is 0 Å². The van der Waals surface area contributed by atoms with Crippen LogP contribution in [-0.4, -0.2) is 47.0 Å². The number of hydrogen-bond acceptors (Lipinski definition) is 3. The molecular formula is C16H22ClN5S. The molecule has 7 heteroatoms. The number of nitrogens with zero attached hydrogens (tertiary/aromatic N) is 3. The lowest BCUT2D eigenvalue weighted by Crippen LogP contribution is -2.31. The second-order valence-electron chi connectivity index (χ2n) is 5.55. The van der Waals surface area contributed by atoms with Crippen molar-refractivity contribution >= 4 is 34.7 Å². The van der Waals surface area contributed by atoms with Crippen LogP contribution in [0.2, 0.25) is 5.02 Å². The first-order chi connectivity index (χ1) is 11.0. The second-order valence-corrected chi connectivity index (χ2v) is 6.36. The third-order valence-corrected chi connectivity index (χ3v) is 3.73. The van der Waals surface area contributed by atoms with Crippen molar-refractivity contribution in [3.8, 4) is 0 Å². The Morgan fingerprint density at radius 3 is 2.74 bits per heavy atom. The maximum Gasteiger partial charge on any atom is 0.173 e. The Hall–Kier alpha value is -1.63. The van der Waals surface area contributed by atoms with Gasteiger partial charge in [-0.3, -0.25) is 4.68 Å². The summed E-state index contributed by atoms with van der Waals surface area (Å²) < 4.78 is 1.80. The number of anilines is 1. The summed E-state index contributed by atoms with van der Waals surface area (Å²) in [7, 11) is 4.10. The zero-order chi connectivity index (χ0) is 16.7. The molecule has 0 bridgehead atoms. The summed E-state index contributed by atoms with van der Waals surface area (Å²) in [6, 6.07) is 10.1. The smallest absolute Gasteiger partial charge is 0.173 e. The van der Waals surface area contributed by atoms with E-state index in [1.807, 2.05) is 18.2 Å². The molecule has 1 aromatic heterocycles. The molecule has 124 valence electrons. The molecule has 5 nitrogen and oxygen atoms in total. The van der Waals surface area contributed by atoms with E-state index >= 15 is 0 Å². The number of nitrogens with one attached hydrogen (secondary N) is 2. The van der Waals surface area contributed by atoms with Gasteiger partial charge in [0.15, 0.2) is 10.9 Å². The molecule has 1 aromatic carbocycles. The molecule has 2 N–H and O–H groups in total. The van der Waals surface area contributed by atoms with E-state index in [0.29, 0.717) is 22.5 Å². The highest BCUT2D eigenvalue weighted by molar-refractivity contribution is 7.80. The first-order valence-electron chi connectivity index (χ1n) is 7.51. The third kappa shape index (κ3) is 6.17. The molecule has 2 aromatic rings. The monoisotopic (exact) mass is 351 g/mol. The van der Waals surface area contributed by atoms with Gasteiger partial charge in [0.05, 0.1) is 6.54 Å². The summed E-state index contributed by atoms with van der Waals surface area (Å²) in [6.45, 7) is 2.50. The molecular weight excluding hydrogens is 330 g/mol. The highest BCUT2D eigenvalue weighted by atomic mass is 35.5. The number of benzene rings is 1. The Morgan fingerprint density at radius 1 is 1.30 bits per heavy atom. The molecule has 1 heterocycles. The Kier molecular flexibility index (Phi) is 6.83. The van der Waals surface area contributed by atoms with Gasteiger partial charge in [-0.05, 0) is 44.8 Å². The van der Waals surface area contributed by atoms with Crippen molar-refractivity contribution in [2.45, 2.75) is 13.0 Å². The van der Waals surface area contributed by atoms with E-state index in [0.717, 1.165) is 19.5 Å². The lowest BCUT2D eigenvalue weighted by molar-refractivity contribution is 0.400. The fourth-order valence-electron chi connectivity index (χ4n) is 2.08. The van der Waals surface area contributed by atoms with E-state index in [1.165, 1.54) is 5.56 Å². The number of rotatable bonds is 7. The molecule has 2 rings (SSSR count). The average Bonchev–Trinajstić information content (AvgIpc) is 2.84. The highest BCUT2D eigenvalue weighted by Gasteiger charge is 2.08. The first kappa shape index (κ1) is 17.7. The molecule has 0 atom stereocenters. The van der Waals surface area contributed by atoms with Gasteiger partial charge < -0.3 is 15.5 Å². The fraction of sp³-hybridized carbons (Fsp3) is 0.375. The van der Waals surface area contributed by atoms with Crippen LogP contribution in [0.4, 0.5) is 5.82 Å². The zero-order valence-electron chi connectivity index (χ0n) is 13.4. The van der Waals surface area contributed by atoms with E-state index in [1.54, 1.807) is 10.9 Å². The molecule has 0 fully saturated rings. The van der Waals surface area contributed by atoms with Gasteiger partial charge in [-0.25, -0.2) is 0 Å². The summed E-state index contributed by atoms with van der Waals surface area (Å²) >= 11 is 11.5. The van der Waals surface area contributed by atoms with E-state index in [4.69, 9.17) is 23.8 Å². The largest absolute Gasteiger partial charge is 0.362 e. The molecule has 0 aliphatic carbocycles. The quantitative estimate of drug-likeness (QED) is 0.593. The summed E-state index contributed by atoms with van der Waals surface area (Å²) in [6.07, 6.45) is 2.82. The minimum Gasteiger partial charge on any atom is -0.362 e. The van der Waals surface area contributed by atoms with E-state index < -0.39 is 0 Å². The molecule has 0 saturated carbocycles. The Balaban J connectivity index is 1.84. The topological polar surface area (TPSA) is 45.1 Å². The van der Waals surface area contributed by atoms with Gasteiger partial charge in [-0.15, -0.1) is 0 Å². The van der Waals surface area contributed by atoms with E-state index in [2.05, 4.69) is 46.9 Å². The van der Waals surface area contributed by atoms with Crippen LogP contribution < -0.4 is 10.6 Å². The number of halogens is 1. The first-order valence-corrected chi connectivity index (χ1v) is 8.29. The fourth-order valence-corrected chi connectivity index (χ4v) is 2.48. The van der Waals surface area contributed by atoms with Gasteiger partial charge in [0.1, 0.15) is 5.02 Å². The molecule has 0 aliphatic heterocycles. The number of hydrogen-bond donors (Lipinski definition) is 2. The predicted octanol–water partition coefficient (Wildman–Crippen LogP) is 2.82. The maximum absolute atomic E-state index is 6.22. The van der Waals surface area contributed by atoms with Gasteiger partial charge in [-0.1, -0.05) is 41.9 Å². The van der Waals surface area contributed by atoms with Gasteiger partial charge >= 0.3 is 0 Å². The molecule has 0 aliphatic rings. The highest BCUT2D eigenvalue weighted by Crippen LogP contribution is 2.19. The van der Waals surface area contributed by atoms with E-state index in [9.17, 15) is 0 Å². The molecule has 0 saturated heterocycles. The summed E-state index contributed by atoms with van der Waals surface area (Å²) in [5.74, 6) is 0.577. The average molecular weight is 352 g/mol. The maximum atomic E-state index is 6.22. The van der Waals surface area contributed by atoms with Crippen molar-refractivity contribution in [1.82, 2.24) is 20.0 Å². The van der Waals surface area contributed by atoms with Crippen molar-refractivity contribution < 1.29 is 0 Å². The Bertz CT molecular complexity index is 627. The molecule has 0 amide bonds. The van der Waals surface area contributed by atoms with Gasteiger partial charge in [0.2, 0.25) is 0 Å². The van der Waals surface area contributed by atoms with E-state index in [-0.39, 0.29) is 0 Å². The predicted molar refractivity (Wildman–Crippen MR) is 100 cm³/mol.